The van der Waals surface area contributed by atoms with Crippen molar-refractivity contribution in [1.82, 2.24) is 10.2 Å². The summed E-state index contributed by atoms with van der Waals surface area (Å²) in [5.74, 6) is -0.210. The molecule has 0 radical (unpaired) electrons. The van der Waals surface area contributed by atoms with E-state index in [-0.39, 0.29) is 11.5 Å². The SMILES string of the molecule is CC(=O)c1ccc(Sc2nnc(NCCc3cccs3)s2)c([N+](=O)[O-])c1. The lowest BCUT2D eigenvalue weighted by molar-refractivity contribution is -0.387. The van der Waals surface area contributed by atoms with Crippen LogP contribution in [0.3, 0.4) is 0 Å². The number of carbonyl (C=O) groups is 1. The topological polar surface area (TPSA) is 98.0 Å². The third-order valence-electron chi connectivity index (χ3n) is 3.39. The Balaban J connectivity index is 1.66. The summed E-state index contributed by atoms with van der Waals surface area (Å²) in [5, 5.41) is 25.3. The van der Waals surface area contributed by atoms with Crippen molar-refractivity contribution in [3.8, 4) is 0 Å². The van der Waals surface area contributed by atoms with Crippen molar-refractivity contribution < 1.29 is 9.72 Å². The Labute approximate surface area is 161 Å². The first-order valence-corrected chi connectivity index (χ1v) is 10.1. The highest BCUT2D eigenvalue weighted by Crippen LogP contribution is 2.37. The van der Waals surface area contributed by atoms with Gasteiger partial charge in [-0.2, -0.15) is 0 Å². The van der Waals surface area contributed by atoms with E-state index >= 15 is 0 Å². The van der Waals surface area contributed by atoms with Gasteiger partial charge in [-0.15, -0.1) is 21.5 Å². The van der Waals surface area contributed by atoms with Crippen LogP contribution in [0.15, 0.2) is 44.9 Å². The highest BCUT2D eigenvalue weighted by atomic mass is 32.2. The highest BCUT2D eigenvalue weighted by molar-refractivity contribution is 8.01. The minimum absolute atomic E-state index is 0.106. The number of aromatic nitrogens is 2. The zero-order valence-corrected chi connectivity index (χ0v) is 16.1. The standard InChI is InChI=1S/C16H14N4O3S3/c1-10(21)11-4-5-14(13(9-11)20(22)23)25-16-19-18-15(26-16)17-7-6-12-3-2-8-24-12/h2-5,8-9H,6-7H2,1H3,(H,17,18). The minimum Gasteiger partial charge on any atom is -0.360 e. The first kappa shape index (κ1) is 18.5. The molecule has 0 saturated heterocycles. The Morgan fingerprint density at radius 2 is 2.19 bits per heavy atom. The van der Waals surface area contributed by atoms with Gasteiger partial charge in [0, 0.05) is 23.1 Å². The molecule has 2 heterocycles. The fraction of sp³-hybridized carbons (Fsp3) is 0.188. The second-order valence-electron chi connectivity index (χ2n) is 5.23. The second kappa shape index (κ2) is 8.39. The lowest BCUT2D eigenvalue weighted by atomic mass is 10.1. The van der Waals surface area contributed by atoms with Gasteiger partial charge in [-0.1, -0.05) is 17.4 Å². The molecule has 3 rings (SSSR count). The van der Waals surface area contributed by atoms with Crippen molar-refractivity contribution in [2.75, 3.05) is 11.9 Å². The highest BCUT2D eigenvalue weighted by Gasteiger charge is 2.19. The van der Waals surface area contributed by atoms with Gasteiger partial charge in [-0.3, -0.25) is 14.9 Å². The fourth-order valence-electron chi connectivity index (χ4n) is 2.13. The molecule has 7 nitrogen and oxygen atoms in total. The molecule has 2 aromatic heterocycles. The van der Waals surface area contributed by atoms with Crippen LogP contribution in [0.4, 0.5) is 10.8 Å². The van der Waals surface area contributed by atoms with Crippen LogP contribution in [0.2, 0.25) is 0 Å². The molecule has 0 aliphatic rings. The lowest BCUT2D eigenvalue weighted by Gasteiger charge is -2.02. The van der Waals surface area contributed by atoms with E-state index < -0.39 is 4.92 Å². The lowest BCUT2D eigenvalue weighted by Crippen LogP contribution is -2.03. The zero-order valence-electron chi connectivity index (χ0n) is 13.7. The van der Waals surface area contributed by atoms with Gasteiger partial charge in [0.05, 0.1) is 9.82 Å². The normalized spacial score (nSPS) is 10.7. The van der Waals surface area contributed by atoms with Gasteiger partial charge in [-0.25, -0.2) is 0 Å². The van der Waals surface area contributed by atoms with E-state index in [1.54, 1.807) is 23.5 Å². The molecular formula is C16H14N4O3S3. The fourth-order valence-corrected chi connectivity index (χ4v) is 4.66. The number of rotatable bonds is 8. The van der Waals surface area contributed by atoms with E-state index in [0.717, 1.165) is 13.0 Å². The van der Waals surface area contributed by atoms with Gasteiger partial charge in [0.15, 0.2) is 10.1 Å². The third kappa shape index (κ3) is 4.65. The van der Waals surface area contributed by atoms with Gasteiger partial charge in [0.1, 0.15) is 0 Å². The average Bonchev–Trinajstić information content (AvgIpc) is 3.27. The number of benzene rings is 1. The summed E-state index contributed by atoms with van der Waals surface area (Å²) in [6.45, 7) is 2.12. The summed E-state index contributed by atoms with van der Waals surface area (Å²) in [7, 11) is 0. The number of nitrogens with one attached hydrogen (secondary N) is 1. The van der Waals surface area contributed by atoms with Crippen LogP contribution in [-0.2, 0) is 6.42 Å². The number of hydrogen-bond donors (Lipinski definition) is 1. The summed E-state index contributed by atoms with van der Waals surface area (Å²) in [5.41, 5.74) is 0.208. The Hall–Kier alpha value is -2.30. The van der Waals surface area contributed by atoms with Crippen molar-refractivity contribution in [3.05, 3.63) is 56.3 Å². The van der Waals surface area contributed by atoms with Crippen molar-refractivity contribution >= 4 is 51.0 Å². The van der Waals surface area contributed by atoms with Crippen molar-refractivity contribution in [2.24, 2.45) is 0 Å². The molecule has 0 fully saturated rings. The molecule has 1 N–H and O–H groups in total. The summed E-state index contributed by atoms with van der Waals surface area (Å²) in [4.78, 5) is 23.9. The van der Waals surface area contributed by atoms with Gasteiger partial charge < -0.3 is 5.32 Å². The molecule has 26 heavy (non-hydrogen) atoms. The molecule has 0 saturated carbocycles. The van der Waals surface area contributed by atoms with Crippen LogP contribution in [0, 0.1) is 10.1 Å². The van der Waals surface area contributed by atoms with E-state index in [0.29, 0.717) is 19.9 Å². The van der Waals surface area contributed by atoms with Crippen LogP contribution >= 0.6 is 34.4 Å². The first-order chi connectivity index (χ1) is 12.5. The van der Waals surface area contributed by atoms with E-state index in [1.165, 1.54) is 41.0 Å². The van der Waals surface area contributed by atoms with E-state index in [9.17, 15) is 14.9 Å². The number of anilines is 1. The molecule has 1 aromatic carbocycles. The number of thiophene rings is 1. The molecule has 0 amide bonds. The van der Waals surface area contributed by atoms with Crippen LogP contribution in [-0.4, -0.2) is 27.4 Å². The van der Waals surface area contributed by atoms with E-state index in [4.69, 9.17) is 0 Å². The van der Waals surface area contributed by atoms with E-state index in [2.05, 4.69) is 21.6 Å². The quantitative estimate of drug-likeness (QED) is 0.334. The number of ketones is 1. The van der Waals surface area contributed by atoms with Gasteiger partial charge >= 0.3 is 0 Å². The molecule has 0 bridgehead atoms. The summed E-state index contributed by atoms with van der Waals surface area (Å²) < 4.78 is 0.599. The Morgan fingerprint density at radius 1 is 1.35 bits per heavy atom. The number of hydrogen-bond acceptors (Lipinski definition) is 9. The molecule has 0 spiro atoms. The monoisotopic (exact) mass is 406 g/mol. The Bertz CT molecular complexity index is 925. The summed E-state index contributed by atoms with van der Waals surface area (Å²) in [6, 6.07) is 8.55. The molecule has 134 valence electrons. The smallest absolute Gasteiger partial charge is 0.284 e. The van der Waals surface area contributed by atoms with Gasteiger partial charge in [0.25, 0.3) is 5.69 Å². The number of Topliss-reactive ketones (excluding diaryl/α,β-unsaturated/α-hetero) is 1. The predicted molar refractivity (Wildman–Crippen MR) is 104 cm³/mol. The molecule has 3 aromatic rings. The number of nitro benzene ring substituents is 1. The van der Waals surface area contributed by atoms with Gasteiger partial charge in [-0.05, 0) is 48.7 Å². The molecule has 0 aliphatic carbocycles. The maximum atomic E-state index is 11.4. The maximum absolute atomic E-state index is 11.4. The molecule has 0 unspecified atom stereocenters. The van der Waals surface area contributed by atoms with Crippen molar-refractivity contribution in [3.63, 3.8) is 0 Å². The van der Waals surface area contributed by atoms with Crippen molar-refractivity contribution in [2.45, 2.75) is 22.6 Å². The maximum Gasteiger partial charge on any atom is 0.284 e. The van der Waals surface area contributed by atoms with Crippen LogP contribution in [0.5, 0.6) is 0 Å². The first-order valence-electron chi connectivity index (χ1n) is 7.60. The number of carbonyl (C=O) groups excluding carboxylic acids is 1. The molecule has 10 heteroatoms. The Morgan fingerprint density at radius 3 is 2.88 bits per heavy atom. The van der Waals surface area contributed by atoms with Crippen LogP contribution in [0.25, 0.3) is 0 Å². The number of nitrogens with zero attached hydrogens (tertiary/aromatic N) is 3. The third-order valence-corrected chi connectivity index (χ3v) is 6.33. The molecule has 0 atom stereocenters. The van der Waals surface area contributed by atoms with E-state index in [1.807, 2.05) is 11.4 Å². The largest absolute Gasteiger partial charge is 0.360 e. The number of nitro groups is 1. The molecular weight excluding hydrogens is 392 g/mol. The minimum atomic E-state index is -0.490. The predicted octanol–water partition coefficient (Wildman–Crippen LogP) is 4.52. The van der Waals surface area contributed by atoms with Crippen LogP contribution in [0.1, 0.15) is 22.2 Å². The summed E-state index contributed by atoms with van der Waals surface area (Å²) in [6.07, 6.45) is 0.900. The molecule has 0 aliphatic heterocycles. The Kier molecular flexibility index (Phi) is 5.96. The van der Waals surface area contributed by atoms with Gasteiger partial charge in [0.2, 0.25) is 5.13 Å². The average molecular weight is 407 g/mol. The second-order valence-corrected chi connectivity index (χ2v) is 8.53. The summed E-state index contributed by atoms with van der Waals surface area (Å²) >= 11 is 4.22. The van der Waals surface area contributed by atoms with Crippen molar-refractivity contribution in [1.29, 1.82) is 0 Å². The van der Waals surface area contributed by atoms with Crippen LogP contribution < -0.4 is 5.32 Å². The zero-order chi connectivity index (χ0) is 18.5.